The second kappa shape index (κ2) is 9.78. The van der Waals surface area contributed by atoms with Crippen LogP contribution in [0.1, 0.15) is 18.5 Å². The van der Waals surface area contributed by atoms with Gasteiger partial charge in [-0.05, 0) is 59.2 Å². The zero-order valence-corrected chi connectivity index (χ0v) is 20.6. The summed E-state index contributed by atoms with van der Waals surface area (Å²) >= 11 is 0. The topological polar surface area (TPSA) is 123 Å². The average molecular weight is 526 g/mol. The minimum absolute atomic E-state index is 0.0378. The number of aliphatic hydroxyl groups is 1. The Morgan fingerprint density at radius 1 is 1.19 bits per heavy atom. The molecule has 0 bridgehead atoms. The molecular formula is C23H28F3N6O5+. The summed E-state index contributed by atoms with van der Waals surface area (Å²) in [4.78, 5) is 1.74. The Morgan fingerprint density at radius 3 is 2.43 bits per heavy atom. The highest BCUT2D eigenvalue weighted by molar-refractivity contribution is 5.58. The van der Waals surface area contributed by atoms with E-state index in [9.17, 15) is 18.3 Å². The van der Waals surface area contributed by atoms with Crippen molar-refractivity contribution in [3.05, 3.63) is 48.0 Å². The van der Waals surface area contributed by atoms with E-state index in [0.29, 0.717) is 22.7 Å². The second-order valence-electron chi connectivity index (χ2n) is 8.95. The third kappa shape index (κ3) is 5.32. The van der Waals surface area contributed by atoms with Gasteiger partial charge in [0.05, 0.1) is 11.3 Å². The number of alkyl halides is 3. The van der Waals surface area contributed by atoms with Gasteiger partial charge in [0.25, 0.3) is 0 Å². The lowest BCUT2D eigenvalue weighted by atomic mass is 9.83. The van der Waals surface area contributed by atoms with Gasteiger partial charge in [-0.15, -0.1) is 13.2 Å². The molecule has 0 radical (unpaired) electrons. The van der Waals surface area contributed by atoms with Gasteiger partial charge in [0, 0.05) is 31.2 Å². The highest BCUT2D eigenvalue weighted by atomic mass is 19.4. The summed E-state index contributed by atoms with van der Waals surface area (Å²) in [6, 6.07) is 9.40. The lowest BCUT2D eigenvalue weighted by molar-refractivity contribution is -0.923. The molecule has 0 saturated carbocycles. The van der Waals surface area contributed by atoms with Crippen LogP contribution in [0.15, 0.2) is 57.9 Å². The van der Waals surface area contributed by atoms with Crippen LogP contribution in [0.4, 0.5) is 24.5 Å². The monoisotopic (exact) mass is 525 g/mol. The van der Waals surface area contributed by atoms with E-state index in [-0.39, 0.29) is 11.4 Å². The molecule has 2 aromatic rings. The molecule has 2 aromatic carbocycles. The van der Waals surface area contributed by atoms with Gasteiger partial charge < -0.3 is 34.7 Å². The number of quaternary nitrogens is 1. The molecule has 1 unspecified atom stereocenters. The van der Waals surface area contributed by atoms with Gasteiger partial charge >= 0.3 is 6.36 Å². The number of rotatable bonds is 8. The van der Waals surface area contributed by atoms with Crippen LogP contribution < -0.4 is 20.1 Å². The first-order valence-corrected chi connectivity index (χ1v) is 11.2. The fraction of sp³-hybridized carbons (Fsp3) is 0.435. The number of halogens is 3. The maximum absolute atomic E-state index is 12.7. The molecule has 3 N–H and O–H groups in total. The zero-order valence-electron chi connectivity index (χ0n) is 20.6. The number of aliphatic hydroxyl groups excluding tert-OH is 1. The maximum atomic E-state index is 12.7. The van der Waals surface area contributed by atoms with Crippen molar-refractivity contribution in [2.24, 2.45) is 15.4 Å². The SMILES string of the molecule is COC(OC)[C@]1(C)Oc2ccc(N)cc2[C@H](N(C[N+]2(C)N=CN=N2)c2ccc(OC(F)(F)F)cc2)[C@H]1O. The molecule has 0 aromatic heterocycles. The van der Waals surface area contributed by atoms with Gasteiger partial charge in [-0.25, -0.2) is 0 Å². The molecule has 2 heterocycles. The lowest BCUT2D eigenvalue weighted by Gasteiger charge is -2.49. The summed E-state index contributed by atoms with van der Waals surface area (Å²) in [7, 11) is 4.52. The molecule has 2 aliphatic heterocycles. The Morgan fingerprint density at radius 2 is 1.86 bits per heavy atom. The van der Waals surface area contributed by atoms with E-state index >= 15 is 0 Å². The summed E-state index contributed by atoms with van der Waals surface area (Å²) in [6.07, 6.45) is -5.81. The van der Waals surface area contributed by atoms with Crippen LogP contribution >= 0.6 is 0 Å². The van der Waals surface area contributed by atoms with E-state index in [1.807, 2.05) is 0 Å². The van der Waals surface area contributed by atoms with Crippen molar-refractivity contribution in [1.82, 2.24) is 0 Å². The second-order valence-corrected chi connectivity index (χ2v) is 8.95. The molecule has 0 spiro atoms. The average Bonchev–Trinajstić information content (AvgIpc) is 3.26. The standard InChI is InChI=1S/C23H28F3N6O5/c1-22(21(34-3)35-4)20(33)19(17-11-14(27)5-10-18(17)37-22)31(13-32(2)29-12-28-30-32)15-6-8-16(9-7-15)36-23(24,25)26/h5-12,19-21,33H,13,27H2,1-4H3/q+1/t19-,20+,22+,32?/m0/s1. The largest absolute Gasteiger partial charge is 0.573 e. The molecule has 14 heteroatoms. The van der Waals surface area contributed by atoms with Crippen molar-refractivity contribution in [3.8, 4) is 11.5 Å². The molecule has 0 fully saturated rings. The first-order valence-electron chi connectivity index (χ1n) is 11.2. The fourth-order valence-corrected chi connectivity index (χ4v) is 4.58. The summed E-state index contributed by atoms with van der Waals surface area (Å²) in [6.45, 7) is 1.68. The number of ether oxygens (including phenoxy) is 4. The van der Waals surface area contributed by atoms with E-state index in [0.717, 1.165) is 0 Å². The molecule has 0 saturated heterocycles. The first kappa shape index (κ1) is 26.6. The van der Waals surface area contributed by atoms with E-state index in [1.54, 1.807) is 37.1 Å². The number of nitrogens with two attached hydrogens (primary N) is 1. The van der Waals surface area contributed by atoms with E-state index < -0.39 is 36.1 Å². The van der Waals surface area contributed by atoms with Gasteiger partial charge in [-0.1, -0.05) is 5.11 Å². The zero-order chi connectivity index (χ0) is 27.0. The Labute approximate surface area is 211 Å². The van der Waals surface area contributed by atoms with E-state index in [2.05, 4.69) is 20.2 Å². The number of methoxy groups -OCH3 is 2. The van der Waals surface area contributed by atoms with Crippen LogP contribution in [0.2, 0.25) is 0 Å². The summed E-state index contributed by atoms with van der Waals surface area (Å²) in [5.41, 5.74) is 6.09. The van der Waals surface area contributed by atoms with Gasteiger partial charge in [0.1, 0.15) is 24.7 Å². The third-order valence-corrected chi connectivity index (χ3v) is 6.22. The van der Waals surface area contributed by atoms with Crippen molar-refractivity contribution >= 4 is 17.7 Å². The number of hydrogen-bond donors (Lipinski definition) is 2. The van der Waals surface area contributed by atoms with Crippen LogP contribution in [0, 0.1) is 0 Å². The maximum Gasteiger partial charge on any atom is 0.573 e. The Balaban J connectivity index is 1.85. The molecule has 11 nitrogen and oxygen atoms in total. The number of anilines is 2. The van der Waals surface area contributed by atoms with Crippen molar-refractivity contribution in [2.45, 2.75) is 37.3 Å². The van der Waals surface area contributed by atoms with Crippen molar-refractivity contribution in [2.75, 3.05) is 38.6 Å². The van der Waals surface area contributed by atoms with Gasteiger partial charge in [-0.3, -0.25) is 0 Å². The minimum atomic E-state index is -4.84. The van der Waals surface area contributed by atoms with E-state index in [4.69, 9.17) is 19.9 Å². The number of nitrogen functional groups attached to an aromatic ring is 1. The molecule has 4 atom stereocenters. The van der Waals surface area contributed by atoms with Crippen LogP contribution in [0.3, 0.4) is 0 Å². The molecular weight excluding hydrogens is 497 g/mol. The molecule has 2 aliphatic rings. The van der Waals surface area contributed by atoms with Gasteiger partial charge in [0.2, 0.25) is 13.0 Å². The summed E-state index contributed by atoms with van der Waals surface area (Å²) in [5, 5.41) is 24.1. The fourth-order valence-electron chi connectivity index (χ4n) is 4.58. The highest BCUT2D eigenvalue weighted by Gasteiger charge is 2.55. The highest BCUT2D eigenvalue weighted by Crippen LogP contribution is 2.47. The van der Waals surface area contributed by atoms with Gasteiger partial charge in [-0.2, -0.15) is 0 Å². The van der Waals surface area contributed by atoms with Crippen molar-refractivity contribution in [3.63, 3.8) is 0 Å². The van der Waals surface area contributed by atoms with E-state index in [1.165, 1.54) is 44.8 Å². The quantitative estimate of drug-likeness (QED) is 0.307. The molecule has 0 aliphatic carbocycles. The number of hydrogen-bond acceptors (Lipinski definition) is 10. The summed E-state index contributed by atoms with van der Waals surface area (Å²) < 4.78 is 59.1. The van der Waals surface area contributed by atoms with Crippen LogP contribution in [0.25, 0.3) is 0 Å². The number of fused-ring (bicyclic) bond motifs is 1. The van der Waals surface area contributed by atoms with Crippen molar-refractivity contribution < 1.29 is 41.9 Å². The molecule has 37 heavy (non-hydrogen) atoms. The van der Waals surface area contributed by atoms with Crippen LogP contribution in [0.5, 0.6) is 11.5 Å². The van der Waals surface area contributed by atoms with Crippen LogP contribution in [-0.4, -0.2) is 68.4 Å². The Bertz CT molecular complexity index is 1160. The van der Waals surface area contributed by atoms with Crippen molar-refractivity contribution in [1.29, 1.82) is 0 Å². The minimum Gasteiger partial charge on any atom is -0.479 e. The molecule has 4 rings (SSSR count). The predicted octanol–water partition coefficient (Wildman–Crippen LogP) is 3.57. The first-order chi connectivity index (χ1) is 17.4. The third-order valence-electron chi connectivity index (χ3n) is 6.22. The normalized spacial score (nSPS) is 26.7. The number of benzene rings is 2. The smallest absolute Gasteiger partial charge is 0.479 e. The Kier molecular flexibility index (Phi) is 7.03. The predicted molar refractivity (Wildman–Crippen MR) is 126 cm³/mol. The molecule has 0 amide bonds. The Hall–Kier alpha value is -3.46. The van der Waals surface area contributed by atoms with Gasteiger partial charge in [0.15, 0.2) is 11.9 Å². The molecule has 200 valence electrons. The number of nitrogens with zero attached hydrogens (tertiary/aromatic N) is 5. The van der Waals surface area contributed by atoms with Crippen LogP contribution in [-0.2, 0) is 9.47 Å². The lowest BCUT2D eigenvalue weighted by Crippen LogP contribution is -2.63. The summed E-state index contributed by atoms with van der Waals surface area (Å²) in [5.74, 6) is 0.0265.